The molecule has 0 radical (unpaired) electrons. The third-order valence-electron chi connectivity index (χ3n) is 12.8. The Kier molecular flexibility index (Phi) is 22.3. The summed E-state index contributed by atoms with van der Waals surface area (Å²) in [6.07, 6.45) is 4.48. The number of nitrogens with one attached hydrogen (secondary N) is 3. The summed E-state index contributed by atoms with van der Waals surface area (Å²) in [5, 5.41) is 49.0. The van der Waals surface area contributed by atoms with Gasteiger partial charge in [-0.3, -0.25) is 27.7 Å². The molecule has 4 aliphatic heterocycles. The molecule has 6 aliphatic rings. The molecule has 0 aromatic carbocycles. The van der Waals surface area contributed by atoms with E-state index in [0.717, 1.165) is 31.6 Å². The summed E-state index contributed by atoms with van der Waals surface area (Å²) in [6.45, 7) is 14.2. The maximum absolute atomic E-state index is 11.4. The predicted molar refractivity (Wildman–Crippen MR) is 269 cm³/mol. The van der Waals surface area contributed by atoms with Gasteiger partial charge >= 0.3 is 23.5 Å². The Morgan fingerprint density at radius 1 is 0.753 bits per heavy atom. The van der Waals surface area contributed by atoms with Crippen molar-refractivity contribution in [2.24, 2.45) is 11.8 Å². The summed E-state index contributed by atoms with van der Waals surface area (Å²) in [5.74, 6) is -1.61. The molecule has 4 fully saturated rings. The van der Waals surface area contributed by atoms with Crippen LogP contribution in [0.3, 0.4) is 0 Å². The summed E-state index contributed by atoms with van der Waals surface area (Å²) in [7, 11) is -13.9. The maximum atomic E-state index is 11.4. The SMILES string of the molecule is C.C=C1NC(=O)C=CN1[C@@H]1C[C@H](COP(=O)(O)O)[C@@H](O)[C@H]1O.C=C1NC(=O)C=CN1[C@@H]1C[C@H](COP(=O)(O)O)[C@H]2OC(C)(C)OC12.CCCCOCCCNc1ccnc2c1ncn2[C@@H]1O[C@H](COP(=O)(O)O)[C@@H](O)[C@H]1O. The number of carbonyl (C=O) groups excluding carboxylic acids is 2. The van der Waals surface area contributed by atoms with Crippen LogP contribution in [-0.2, 0) is 55.8 Å². The zero-order chi connectivity index (χ0) is 55.9. The van der Waals surface area contributed by atoms with Gasteiger partial charge in [-0.25, -0.2) is 23.7 Å². The van der Waals surface area contributed by atoms with Crippen LogP contribution in [0.4, 0.5) is 5.69 Å². The monoisotopic (exact) mass is 1160 g/mol. The number of phosphoric acid groups is 3. The third kappa shape index (κ3) is 17.5. The molecular weight excluding hydrogens is 1090 g/mol. The van der Waals surface area contributed by atoms with Crippen molar-refractivity contribution in [2.45, 2.75) is 127 Å². The molecule has 0 bridgehead atoms. The van der Waals surface area contributed by atoms with Crippen LogP contribution in [-0.4, -0.2) is 186 Å². The standard InChI is InChI=1S/C18H29N4O8P.C14H21N2O7P.C11H17N2O7P.CH4/c1-2-3-8-28-9-4-6-19-12-5-7-20-17-14(12)21-11-22(17)18-16(24)15(23)13(30-18)10-29-31(25,26)27;1-8-15-11(17)4-5-16(8)10-6-9(7-21-24(18,19)20)12-13(10)23-14(2,3)22-12;1-6-12-9(14)2-3-13(6)8-4-7(10(15)11(8)16)5-20-21(17,18)19;/h5,7,11,13,15-16,18,23-24H,2-4,6,8-10H2,1H3,(H,19,20)(H2,25,26,27);4-5,9-10,12-13H,1,6-7H2,2-3H3,(H,15,17)(H2,18,19,20);2-3,7-8,10-11,15-16H,1,4-5H2,(H,12,14)(H2,17,18,19);1H4/t13-,15-,16-,18-;9-,10-,12-,13?;7-,8-,10-,11+;/m111./s1. The lowest BCUT2D eigenvalue weighted by Gasteiger charge is -2.34. The van der Waals surface area contributed by atoms with Gasteiger partial charge in [-0.15, -0.1) is 0 Å². The quantitative estimate of drug-likeness (QED) is 0.0632. The van der Waals surface area contributed by atoms with E-state index in [2.05, 4.69) is 59.6 Å². The number of carbonyl (C=O) groups is 2. The van der Waals surface area contributed by atoms with E-state index in [1.807, 2.05) is 0 Å². The molecule has 2 aliphatic carbocycles. The normalized spacial score (nSPS) is 29.8. The number of ether oxygens (including phenoxy) is 4. The molecule has 13 N–H and O–H groups in total. The van der Waals surface area contributed by atoms with E-state index in [-0.39, 0.29) is 68.9 Å². The first kappa shape index (κ1) is 63.8. The summed E-state index contributed by atoms with van der Waals surface area (Å²) in [4.78, 5) is 87.4. The lowest BCUT2D eigenvalue weighted by Crippen LogP contribution is -2.45. The van der Waals surface area contributed by atoms with Crippen LogP contribution in [0.2, 0.25) is 0 Å². The third-order valence-corrected chi connectivity index (χ3v) is 14.2. The number of amides is 2. The molecule has 12 atom stereocenters. The fourth-order valence-electron chi connectivity index (χ4n) is 9.29. The van der Waals surface area contributed by atoms with Gasteiger partial charge in [-0.2, -0.15) is 0 Å². The Balaban J connectivity index is 0.000000216. The Morgan fingerprint density at radius 3 is 1.88 bits per heavy atom. The molecule has 2 amide bonds. The van der Waals surface area contributed by atoms with Gasteiger partial charge in [0.2, 0.25) is 0 Å². The van der Waals surface area contributed by atoms with E-state index in [4.69, 9.17) is 48.3 Å². The number of fused-ring (bicyclic) bond motifs is 2. The summed E-state index contributed by atoms with van der Waals surface area (Å²) in [5.41, 5.74) is 1.75. The molecule has 434 valence electrons. The Morgan fingerprint density at radius 2 is 1.30 bits per heavy atom. The highest BCUT2D eigenvalue weighted by Crippen LogP contribution is 2.47. The van der Waals surface area contributed by atoms with E-state index in [9.17, 15) is 43.7 Å². The van der Waals surface area contributed by atoms with Crippen molar-refractivity contribution in [1.29, 1.82) is 0 Å². The summed E-state index contributed by atoms with van der Waals surface area (Å²) >= 11 is 0. The Bertz CT molecular complexity index is 2570. The number of nitrogens with zero attached hydrogens (tertiary/aromatic N) is 5. The Labute approximate surface area is 443 Å². The molecule has 77 heavy (non-hydrogen) atoms. The molecular formula is C44H71N8O22P3. The smallest absolute Gasteiger partial charge is 0.390 e. The Hall–Kier alpha value is -4.07. The highest BCUT2D eigenvalue weighted by atomic mass is 31.2. The lowest BCUT2D eigenvalue weighted by atomic mass is 10.1. The van der Waals surface area contributed by atoms with Crippen molar-refractivity contribution >= 4 is 52.1 Å². The number of aromatic nitrogens is 3. The van der Waals surface area contributed by atoms with Gasteiger partial charge in [0.25, 0.3) is 11.8 Å². The molecule has 2 aromatic rings. The second kappa shape index (κ2) is 26.9. The fraction of sp³-hybridized carbons (Fsp3) is 0.636. The van der Waals surface area contributed by atoms with Crippen LogP contribution in [0.1, 0.15) is 66.5 Å². The van der Waals surface area contributed by atoms with Crippen molar-refractivity contribution in [3.05, 3.63) is 67.9 Å². The predicted octanol–water partition coefficient (Wildman–Crippen LogP) is 0.458. The minimum atomic E-state index is -4.73. The van der Waals surface area contributed by atoms with Crippen molar-refractivity contribution in [3.63, 3.8) is 0 Å². The average molecular weight is 1160 g/mol. The number of pyridine rings is 1. The number of aliphatic hydroxyl groups excluding tert-OH is 4. The number of unbranched alkanes of at least 4 members (excludes halogenated alkanes) is 1. The van der Waals surface area contributed by atoms with Crippen LogP contribution in [0.5, 0.6) is 0 Å². The molecule has 8 rings (SSSR count). The highest BCUT2D eigenvalue weighted by molar-refractivity contribution is 7.46. The second-order valence-electron chi connectivity index (χ2n) is 18.8. The zero-order valence-corrected chi connectivity index (χ0v) is 44.3. The second-order valence-corrected chi connectivity index (χ2v) is 22.5. The minimum absolute atomic E-state index is 0. The van der Waals surface area contributed by atoms with Crippen molar-refractivity contribution < 1.29 is 106 Å². The van der Waals surface area contributed by atoms with E-state index in [0.29, 0.717) is 36.6 Å². The van der Waals surface area contributed by atoms with Gasteiger partial charge in [0.1, 0.15) is 47.7 Å². The number of hydrogen-bond donors (Lipinski definition) is 13. The van der Waals surface area contributed by atoms with Gasteiger partial charge in [0, 0.05) is 62.3 Å². The fourth-order valence-corrected chi connectivity index (χ4v) is 10.4. The highest BCUT2D eigenvalue weighted by Gasteiger charge is 2.56. The zero-order valence-electron chi connectivity index (χ0n) is 41.6. The van der Waals surface area contributed by atoms with Crippen molar-refractivity contribution in [1.82, 2.24) is 35.0 Å². The van der Waals surface area contributed by atoms with Gasteiger partial charge in [-0.05, 0) is 45.6 Å². The molecule has 6 heterocycles. The van der Waals surface area contributed by atoms with Crippen LogP contribution in [0.25, 0.3) is 11.2 Å². The lowest BCUT2D eigenvalue weighted by molar-refractivity contribution is -0.162. The minimum Gasteiger partial charge on any atom is -0.390 e. The van der Waals surface area contributed by atoms with Crippen LogP contribution in [0.15, 0.2) is 67.9 Å². The molecule has 2 aromatic heterocycles. The number of aliphatic hydroxyl groups is 4. The molecule has 1 unspecified atom stereocenters. The number of hydrogen-bond acceptors (Lipinski definition) is 21. The number of anilines is 1. The van der Waals surface area contributed by atoms with E-state index in [1.165, 1.54) is 34.1 Å². The topological polar surface area (TPSA) is 426 Å². The molecule has 0 spiro atoms. The largest absolute Gasteiger partial charge is 0.469 e. The van der Waals surface area contributed by atoms with Gasteiger partial charge in [0.15, 0.2) is 17.7 Å². The first-order chi connectivity index (χ1) is 35.6. The number of imidazole rings is 1. The van der Waals surface area contributed by atoms with Crippen LogP contribution >= 0.6 is 23.5 Å². The first-order valence-electron chi connectivity index (χ1n) is 24.0. The summed E-state index contributed by atoms with van der Waals surface area (Å²) < 4.78 is 70.5. The number of phosphoric ester groups is 3. The van der Waals surface area contributed by atoms with Crippen molar-refractivity contribution in [3.8, 4) is 0 Å². The molecule has 2 saturated carbocycles. The van der Waals surface area contributed by atoms with Gasteiger partial charge in [-0.1, -0.05) is 33.9 Å². The molecule has 30 nitrogen and oxygen atoms in total. The average Bonchev–Trinajstić information content (AvgIpc) is 4.12. The van der Waals surface area contributed by atoms with E-state index < -0.39 is 84.6 Å². The maximum Gasteiger partial charge on any atom is 0.469 e. The van der Waals surface area contributed by atoms with E-state index in [1.54, 1.807) is 37.2 Å². The van der Waals surface area contributed by atoms with Gasteiger partial charge < -0.3 is 94.5 Å². The van der Waals surface area contributed by atoms with Crippen LogP contribution in [0, 0.1) is 11.8 Å². The van der Waals surface area contributed by atoms with Crippen molar-refractivity contribution in [2.75, 3.05) is 44.9 Å². The van der Waals surface area contributed by atoms with E-state index >= 15 is 0 Å². The van der Waals surface area contributed by atoms with Gasteiger partial charge in [0.05, 0.1) is 56.1 Å². The first-order valence-corrected chi connectivity index (χ1v) is 28.5. The number of rotatable bonds is 20. The molecule has 2 saturated heterocycles. The molecule has 33 heteroatoms. The van der Waals surface area contributed by atoms with Crippen LogP contribution < -0.4 is 16.0 Å². The summed E-state index contributed by atoms with van der Waals surface area (Å²) in [6, 6.07) is 1.02.